The Morgan fingerprint density at radius 2 is 2.04 bits per heavy atom. The summed E-state index contributed by atoms with van der Waals surface area (Å²) in [6.07, 6.45) is 8.93. The van der Waals surface area contributed by atoms with Crippen LogP contribution in [0.5, 0.6) is 0 Å². The van der Waals surface area contributed by atoms with Crippen LogP contribution in [0.1, 0.15) is 5.56 Å². The van der Waals surface area contributed by atoms with Gasteiger partial charge in [0.2, 0.25) is 0 Å². The summed E-state index contributed by atoms with van der Waals surface area (Å²) in [6.45, 7) is 7.55. The predicted octanol–water partition coefficient (Wildman–Crippen LogP) is 5.78. The third kappa shape index (κ3) is 2.83. The van der Waals surface area contributed by atoms with Gasteiger partial charge in [0.15, 0.2) is 0 Å². The molecule has 23 heavy (non-hydrogen) atoms. The molecule has 2 aromatic heterocycles. The molecule has 1 aromatic carbocycles. The van der Waals surface area contributed by atoms with Crippen LogP contribution in [0.4, 0.5) is 4.39 Å². The van der Waals surface area contributed by atoms with Gasteiger partial charge in [-0.05, 0) is 29.3 Å². The van der Waals surface area contributed by atoms with Gasteiger partial charge in [0, 0.05) is 28.9 Å². The number of nitrogens with zero attached hydrogens (tertiary/aromatic N) is 1. The molecule has 0 amide bonds. The fourth-order valence-corrected chi connectivity index (χ4v) is 2.59. The smallest absolute Gasteiger partial charge is 0.142 e. The van der Waals surface area contributed by atoms with Crippen LogP contribution in [0.25, 0.3) is 27.7 Å². The summed E-state index contributed by atoms with van der Waals surface area (Å²) in [4.78, 5) is 7.54. The zero-order valence-corrected chi connectivity index (χ0v) is 13.1. The Kier molecular flexibility index (Phi) is 4.13. The Bertz CT molecular complexity index is 938. The van der Waals surface area contributed by atoms with Crippen molar-refractivity contribution in [3.05, 3.63) is 84.4 Å². The van der Waals surface area contributed by atoms with E-state index in [0.717, 1.165) is 33.3 Å². The maximum absolute atomic E-state index is 13.7. The van der Waals surface area contributed by atoms with E-state index in [2.05, 4.69) is 23.1 Å². The minimum Gasteiger partial charge on any atom is -0.346 e. The van der Waals surface area contributed by atoms with E-state index in [4.69, 9.17) is 11.6 Å². The Hall–Kier alpha value is -2.65. The number of allylic oxidation sites excluding steroid dienone is 4. The van der Waals surface area contributed by atoms with Gasteiger partial charge < -0.3 is 4.98 Å². The van der Waals surface area contributed by atoms with Gasteiger partial charge >= 0.3 is 0 Å². The van der Waals surface area contributed by atoms with Gasteiger partial charge in [0.1, 0.15) is 11.5 Å². The van der Waals surface area contributed by atoms with Crippen LogP contribution in [-0.2, 0) is 0 Å². The van der Waals surface area contributed by atoms with E-state index >= 15 is 0 Å². The van der Waals surface area contributed by atoms with Crippen LogP contribution in [-0.4, -0.2) is 9.97 Å². The lowest BCUT2D eigenvalue weighted by molar-refractivity contribution is 0.629. The molecule has 0 unspecified atom stereocenters. The van der Waals surface area contributed by atoms with Crippen molar-refractivity contribution in [1.29, 1.82) is 0 Å². The number of rotatable bonds is 4. The standard InChI is InChI=1S/C19H14ClFN2/c1-3-5-12(4-2)16-11-23-19-15(16)8-14(10-22-19)13-6-7-17(20)18(21)9-13/h3-11H,1-2H2,(H,22,23)/b12-5+. The first kappa shape index (κ1) is 15.3. The van der Waals surface area contributed by atoms with Gasteiger partial charge in [-0.25, -0.2) is 9.37 Å². The van der Waals surface area contributed by atoms with Crippen LogP contribution < -0.4 is 0 Å². The Balaban J connectivity index is 2.17. The molecule has 0 radical (unpaired) electrons. The van der Waals surface area contributed by atoms with Gasteiger partial charge in [-0.3, -0.25) is 0 Å². The monoisotopic (exact) mass is 324 g/mol. The maximum Gasteiger partial charge on any atom is 0.142 e. The van der Waals surface area contributed by atoms with Crippen molar-refractivity contribution in [2.75, 3.05) is 0 Å². The molecule has 1 N–H and O–H groups in total. The van der Waals surface area contributed by atoms with E-state index in [1.807, 2.05) is 18.3 Å². The van der Waals surface area contributed by atoms with Crippen molar-refractivity contribution in [3.8, 4) is 11.1 Å². The number of fused-ring (bicyclic) bond motifs is 1. The molecule has 2 nitrogen and oxygen atoms in total. The Morgan fingerprint density at radius 3 is 2.74 bits per heavy atom. The average Bonchev–Trinajstić information content (AvgIpc) is 2.98. The topological polar surface area (TPSA) is 28.7 Å². The number of halogens is 2. The normalized spacial score (nSPS) is 11.7. The third-order valence-corrected chi connectivity index (χ3v) is 3.92. The predicted molar refractivity (Wildman–Crippen MR) is 94.9 cm³/mol. The molecule has 3 aromatic rings. The highest BCUT2D eigenvalue weighted by molar-refractivity contribution is 6.30. The number of benzene rings is 1. The van der Waals surface area contributed by atoms with Crippen LogP contribution in [0.2, 0.25) is 5.02 Å². The van der Waals surface area contributed by atoms with E-state index in [1.165, 1.54) is 6.07 Å². The molecule has 0 spiro atoms. The van der Waals surface area contributed by atoms with Crippen molar-refractivity contribution in [1.82, 2.24) is 9.97 Å². The molecular formula is C19H14ClFN2. The van der Waals surface area contributed by atoms with E-state index in [9.17, 15) is 4.39 Å². The van der Waals surface area contributed by atoms with Crippen molar-refractivity contribution in [3.63, 3.8) is 0 Å². The number of aromatic nitrogens is 2. The van der Waals surface area contributed by atoms with Gasteiger partial charge in [-0.2, -0.15) is 0 Å². The molecule has 0 saturated heterocycles. The van der Waals surface area contributed by atoms with Crippen LogP contribution in [0.15, 0.2) is 68.0 Å². The first-order valence-electron chi connectivity index (χ1n) is 7.02. The van der Waals surface area contributed by atoms with E-state index in [-0.39, 0.29) is 5.02 Å². The van der Waals surface area contributed by atoms with Gasteiger partial charge in [0.05, 0.1) is 5.02 Å². The highest BCUT2D eigenvalue weighted by Crippen LogP contribution is 2.30. The number of H-pyrrole nitrogens is 1. The SMILES string of the molecule is C=C/C=C(\C=C)c1c[nH]c2ncc(-c3ccc(Cl)c(F)c3)cc12. The molecule has 0 aliphatic heterocycles. The lowest BCUT2D eigenvalue weighted by Gasteiger charge is -2.04. The largest absolute Gasteiger partial charge is 0.346 e. The van der Waals surface area contributed by atoms with Crippen LogP contribution in [0, 0.1) is 5.82 Å². The summed E-state index contributed by atoms with van der Waals surface area (Å²) in [5.41, 5.74) is 4.21. The first-order valence-corrected chi connectivity index (χ1v) is 7.40. The molecule has 2 heterocycles. The fourth-order valence-electron chi connectivity index (χ4n) is 2.47. The third-order valence-electron chi connectivity index (χ3n) is 3.61. The number of hydrogen-bond donors (Lipinski definition) is 1. The molecule has 114 valence electrons. The minimum atomic E-state index is -0.447. The highest BCUT2D eigenvalue weighted by atomic mass is 35.5. The first-order chi connectivity index (χ1) is 11.1. The van der Waals surface area contributed by atoms with Crippen LogP contribution >= 0.6 is 11.6 Å². The van der Waals surface area contributed by atoms with E-state index in [0.29, 0.717) is 0 Å². The van der Waals surface area contributed by atoms with Gasteiger partial charge in [-0.1, -0.05) is 49.1 Å². The number of hydrogen-bond acceptors (Lipinski definition) is 1. The van der Waals surface area contributed by atoms with Crippen molar-refractivity contribution in [2.45, 2.75) is 0 Å². The molecule has 0 aliphatic rings. The summed E-state index contributed by atoms with van der Waals surface area (Å²) < 4.78 is 13.7. The summed E-state index contributed by atoms with van der Waals surface area (Å²) in [6, 6.07) is 6.69. The van der Waals surface area contributed by atoms with Crippen LogP contribution in [0.3, 0.4) is 0 Å². The second-order valence-corrected chi connectivity index (χ2v) is 5.42. The molecule has 0 aliphatic carbocycles. The number of nitrogens with one attached hydrogen (secondary N) is 1. The molecular weight excluding hydrogens is 311 g/mol. The molecule has 0 fully saturated rings. The zero-order valence-electron chi connectivity index (χ0n) is 12.3. The minimum absolute atomic E-state index is 0.105. The van der Waals surface area contributed by atoms with Crippen molar-refractivity contribution in [2.24, 2.45) is 0 Å². The molecule has 0 bridgehead atoms. The molecule has 0 saturated carbocycles. The quantitative estimate of drug-likeness (QED) is 0.606. The van der Waals surface area contributed by atoms with E-state index < -0.39 is 5.82 Å². The summed E-state index contributed by atoms with van der Waals surface area (Å²) in [7, 11) is 0. The Labute approximate surface area is 138 Å². The van der Waals surface area contributed by atoms with Gasteiger partial charge in [0.25, 0.3) is 0 Å². The fraction of sp³-hybridized carbons (Fsp3) is 0. The summed E-state index contributed by atoms with van der Waals surface area (Å²) in [5, 5.41) is 1.04. The second-order valence-electron chi connectivity index (χ2n) is 5.01. The molecule has 0 atom stereocenters. The lowest BCUT2D eigenvalue weighted by Crippen LogP contribution is -1.85. The van der Waals surface area contributed by atoms with Gasteiger partial charge in [-0.15, -0.1) is 0 Å². The second kappa shape index (κ2) is 6.23. The van der Waals surface area contributed by atoms with Crippen molar-refractivity contribution < 1.29 is 4.39 Å². The highest BCUT2D eigenvalue weighted by Gasteiger charge is 2.10. The van der Waals surface area contributed by atoms with E-state index in [1.54, 1.807) is 30.5 Å². The maximum atomic E-state index is 13.7. The van der Waals surface area contributed by atoms with Crippen molar-refractivity contribution >= 4 is 28.2 Å². The lowest BCUT2D eigenvalue weighted by atomic mass is 10.0. The molecule has 3 rings (SSSR count). The zero-order chi connectivity index (χ0) is 16.4. The number of pyridine rings is 1. The summed E-state index contributed by atoms with van der Waals surface area (Å²) >= 11 is 5.74. The summed E-state index contributed by atoms with van der Waals surface area (Å²) in [5.74, 6) is -0.447. The Morgan fingerprint density at radius 1 is 1.22 bits per heavy atom. The number of aromatic amines is 1. The molecule has 4 heteroatoms. The average molecular weight is 325 g/mol.